The van der Waals surface area contributed by atoms with E-state index in [9.17, 15) is 15.0 Å². The first-order valence-corrected chi connectivity index (χ1v) is 12.0. The minimum atomic E-state index is -0.893. The summed E-state index contributed by atoms with van der Waals surface area (Å²) in [6.45, 7) is 6.62. The van der Waals surface area contributed by atoms with E-state index in [2.05, 4.69) is 11.5 Å². The Morgan fingerprint density at radius 3 is 2.79 bits per heavy atom. The van der Waals surface area contributed by atoms with Crippen molar-refractivity contribution >= 4 is 11.5 Å². The molecule has 3 fully saturated rings. The average molecular weight is 451 g/mol. The Bertz CT molecular complexity index is 1030. The highest BCUT2D eigenvalue weighted by Gasteiger charge is 2.58. The van der Waals surface area contributed by atoms with Crippen LogP contribution in [0.2, 0.25) is 0 Å². The van der Waals surface area contributed by atoms with Crippen LogP contribution in [0.5, 0.6) is 5.75 Å². The lowest BCUT2D eigenvalue weighted by atomic mass is 9.55. The molecule has 1 saturated heterocycles. The number of amides is 1. The summed E-state index contributed by atoms with van der Waals surface area (Å²) in [7, 11) is 1.83. The van der Waals surface area contributed by atoms with Gasteiger partial charge in [0.25, 0.3) is 5.91 Å². The van der Waals surface area contributed by atoms with Crippen molar-refractivity contribution in [1.29, 1.82) is 0 Å². The Morgan fingerprint density at radius 2 is 2.09 bits per heavy atom. The van der Waals surface area contributed by atoms with E-state index < -0.39 is 11.0 Å². The van der Waals surface area contributed by atoms with Crippen LogP contribution in [0, 0.1) is 5.92 Å². The van der Waals surface area contributed by atoms with Crippen LogP contribution in [0.3, 0.4) is 0 Å². The third kappa shape index (κ3) is 4.00. The Hall–Kier alpha value is -2.57. The zero-order chi connectivity index (χ0) is 23.2. The van der Waals surface area contributed by atoms with Crippen molar-refractivity contribution in [3.05, 3.63) is 60.6 Å². The normalized spacial score (nSPS) is 29.9. The molecule has 2 heterocycles. The minimum Gasteiger partial charge on any atom is -0.508 e. The summed E-state index contributed by atoms with van der Waals surface area (Å²) in [6, 6.07) is 9.07. The maximum Gasteiger partial charge on any atom is 0.253 e. The first kappa shape index (κ1) is 22.2. The number of hydrogen-bond donors (Lipinski definition) is 2. The summed E-state index contributed by atoms with van der Waals surface area (Å²) in [5, 5.41) is 22.4. The molecular weight excluding hydrogens is 416 g/mol. The van der Waals surface area contributed by atoms with E-state index in [4.69, 9.17) is 4.42 Å². The number of aromatic hydroxyl groups is 1. The van der Waals surface area contributed by atoms with E-state index in [0.717, 1.165) is 37.4 Å². The van der Waals surface area contributed by atoms with Crippen LogP contribution in [-0.4, -0.2) is 64.2 Å². The summed E-state index contributed by atoms with van der Waals surface area (Å²) in [6.07, 6.45) is 8.48. The second-order valence-electron chi connectivity index (χ2n) is 10.4. The van der Waals surface area contributed by atoms with Crippen molar-refractivity contribution in [1.82, 2.24) is 9.80 Å². The number of phenols is 1. The van der Waals surface area contributed by atoms with Crippen LogP contribution in [0.4, 0.5) is 0 Å². The summed E-state index contributed by atoms with van der Waals surface area (Å²) < 4.78 is 5.13. The lowest BCUT2D eigenvalue weighted by Gasteiger charge is -2.59. The zero-order valence-electron chi connectivity index (χ0n) is 19.4. The van der Waals surface area contributed by atoms with E-state index >= 15 is 0 Å². The molecule has 3 aliphatic rings. The molecule has 0 bridgehead atoms. The number of rotatable bonds is 6. The number of β-amino-alcohol motifs (C(OH)–C–C–N with tert-alkyl or cyclic N) is 1. The SMILES string of the molecule is C=C(C(=O)N(C)C1CCC2(O)CN(CC3CC3)CCC2(c2cccc(O)c2)C1)c1ccoc1. The Balaban J connectivity index is 1.43. The molecule has 2 aliphatic carbocycles. The molecule has 6 nitrogen and oxygen atoms in total. The minimum absolute atomic E-state index is 0.0289. The van der Waals surface area contributed by atoms with E-state index in [1.165, 1.54) is 19.1 Å². The fourth-order valence-electron chi connectivity index (χ4n) is 6.13. The Kier molecular flexibility index (Phi) is 5.61. The largest absolute Gasteiger partial charge is 0.508 e. The number of furan rings is 1. The van der Waals surface area contributed by atoms with Gasteiger partial charge in [0.05, 0.1) is 18.1 Å². The second kappa shape index (κ2) is 8.33. The van der Waals surface area contributed by atoms with Crippen molar-refractivity contribution in [3.63, 3.8) is 0 Å². The fourth-order valence-corrected chi connectivity index (χ4v) is 6.13. The quantitative estimate of drug-likeness (QED) is 0.655. The van der Waals surface area contributed by atoms with Gasteiger partial charge in [0.2, 0.25) is 0 Å². The second-order valence-corrected chi connectivity index (χ2v) is 10.4. The molecule has 176 valence electrons. The predicted molar refractivity (Wildman–Crippen MR) is 127 cm³/mol. The van der Waals surface area contributed by atoms with E-state index in [1.807, 2.05) is 19.2 Å². The van der Waals surface area contributed by atoms with Gasteiger partial charge in [0.15, 0.2) is 0 Å². The number of likely N-dealkylation sites (tertiary alicyclic amines) is 1. The number of fused-ring (bicyclic) bond motifs is 1. The van der Waals surface area contributed by atoms with Gasteiger partial charge in [0.1, 0.15) is 5.75 Å². The standard InChI is InChI=1S/C27H34N2O4/c1-19(21-9-13-33-17-21)25(31)28(2)23-8-10-27(32)18-29(16-20-6-7-20)12-11-26(27,15-23)22-4-3-5-24(30)14-22/h3-5,9,13-14,17,20,23,30,32H,1,6-8,10-12,15-16,18H2,2H3. The summed E-state index contributed by atoms with van der Waals surface area (Å²) in [5.74, 6) is 0.865. The van der Waals surface area contributed by atoms with Crippen molar-refractivity contribution in [3.8, 4) is 5.75 Å². The van der Waals surface area contributed by atoms with Gasteiger partial charge in [-0.15, -0.1) is 0 Å². The molecule has 5 rings (SSSR count). The van der Waals surface area contributed by atoms with Crippen LogP contribution in [0.15, 0.2) is 53.9 Å². The molecule has 0 spiro atoms. The zero-order valence-corrected chi connectivity index (χ0v) is 19.4. The summed E-state index contributed by atoms with van der Waals surface area (Å²) in [5.41, 5.74) is 0.666. The van der Waals surface area contributed by atoms with Crippen molar-refractivity contribution in [2.24, 2.45) is 5.92 Å². The molecule has 1 aromatic carbocycles. The molecule has 1 aromatic heterocycles. The van der Waals surface area contributed by atoms with E-state index in [-0.39, 0.29) is 17.7 Å². The fraction of sp³-hybridized carbons (Fsp3) is 0.519. The first-order valence-electron chi connectivity index (χ1n) is 12.0. The number of benzene rings is 1. The third-order valence-electron chi connectivity index (χ3n) is 8.31. The number of phenolic OH excluding ortho intramolecular Hbond substituents is 1. The predicted octanol–water partition coefficient (Wildman–Crippen LogP) is 3.79. The average Bonchev–Trinajstić information content (AvgIpc) is 3.44. The third-order valence-corrected chi connectivity index (χ3v) is 8.31. The molecule has 33 heavy (non-hydrogen) atoms. The van der Waals surface area contributed by atoms with Crippen molar-refractivity contribution < 1.29 is 19.4 Å². The molecule has 1 aliphatic heterocycles. The maximum absolute atomic E-state index is 13.2. The number of piperidine rings is 1. The highest BCUT2D eigenvalue weighted by Crippen LogP contribution is 2.53. The number of carbonyl (C=O) groups is 1. The molecule has 3 unspecified atom stereocenters. The molecule has 2 N–H and O–H groups in total. The molecule has 2 aromatic rings. The van der Waals surface area contributed by atoms with Gasteiger partial charge in [-0.1, -0.05) is 18.7 Å². The van der Waals surface area contributed by atoms with Gasteiger partial charge >= 0.3 is 0 Å². The summed E-state index contributed by atoms with van der Waals surface area (Å²) >= 11 is 0. The lowest BCUT2D eigenvalue weighted by molar-refractivity contribution is -0.144. The van der Waals surface area contributed by atoms with Gasteiger partial charge in [-0.25, -0.2) is 0 Å². The monoisotopic (exact) mass is 450 g/mol. The first-order chi connectivity index (χ1) is 15.8. The Morgan fingerprint density at radius 1 is 1.27 bits per heavy atom. The van der Waals surface area contributed by atoms with Crippen molar-refractivity contribution in [2.45, 2.75) is 55.6 Å². The van der Waals surface area contributed by atoms with E-state index in [1.54, 1.807) is 29.4 Å². The molecule has 6 heteroatoms. The molecule has 2 saturated carbocycles. The van der Waals surface area contributed by atoms with Crippen LogP contribution in [0.25, 0.3) is 5.57 Å². The van der Waals surface area contributed by atoms with Gasteiger partial charge in [-0.05, 0) is 74.8 Å². The highest BCUT2D eigenvalue weighted by molar-refractivity contribution is 6.18. The maximum atomic E-state index is 13.2. The molecule has 0 radical (unpaired) electrons. The van der Waals surface area contributed by atoms with E-state index in [0.29, 0.717) is 30.5 Å². The van der Waals surface area contributed by atoms with Crippen LogP contribution in [-0.2, 0) is 10.2 Å². The van der Waals surface area contributed by atoms with Crippen LogP contribution in [0.1, 0.15) is 49.7 Å². The molecule has 3 atom stereocenters. The van der Waals surface area contributed by atoms with Gasteiger partial charge < -0.3 is 24.4 Å². The highest BCUT2D eigenvalue weighted by atomic mass is 16.3. The van der Waals surface area contributed by atoms with Crippen LogP contribution >= 0.6 is 0 Å². The number of carbonyl (C=O) groups excluding carboxylic acids is 1. The topological polar surface area (TPSA) is 77.2 Å². The smallest absolute Gasteiger partial charge is 0.253 e. The summed E-state index contributed by atoms with van der Waals surface area (Å²) in [4.78, 5) is 17.4. The number of nitrogens with zero attached hydrogens (tertiary/aromatic N) is 2. The van der Waals surface area contributed by atoms with Crippen molar-refractivity contribution in [2.75, 3.05) is 26.7 Å². The van der Waals surface area contributed by atoms with Gasteiger partial charge in [-0.2, -0.15) is 0 Å². The van der Waals surface area contributed by atoms with Gasteiger partial charge in [0, 0.05) is 42.7 Å². The van der Waals surface area contributed by atoms with Gasteiger partial charge in [-0.3, -0.25) is 4.79 Å². The Labute approximate surface area is 195 Å². The number of hydrogen-bond acceptors (Lipinski definition) is 5. The lowest BCUT2D eigenvalue weighted by Crippen LogP contribution is -2.67. The molecule has 1 amide bonds. The van der Waals surface area contributed by atoms with Crippen LogP contribution < -0.4 is 0 Å². The molecular formula is C27H34N2O4. The number of aliphatic hydroxyl groups is 1. The number of likely N-dealkylation sites (N-methyl/N-ethyl adjacent to an activating group) is 1.